The van der Waals surface area contributed by atoms with E-state index in [1.165, 1.54) is 25.7 Å². The van der Waals surface area contributed by atoms with Crippen LogP contribution in [-0.2, 0) is 9.53 Å². The van der Waals surface area contributed by atoms with Crippen molar-refractivity contribution < 1.29 is 19.7 Å². The second-order valence-electron chi connectivity index (χ2n) is 11.6. The number of carbonyl (C=O) groups is 1. The summed E-state index contributed by atoms with van der Waals surface area (Å²) >= 11 is 0. The lowest BCUT2D eigenvalue weighted by molar-refractivity contribution is -0.181. The summed E-state index contributed by atoms with van der Waals surface area (Å²) in [6.45, 7) is 7.34. The Bertz CT molecular complexity index is 620. The van der Waals surface area contributed by atoms with E-state index in [1.54, 1.807) is 0 Å². The van der Waals surface area contributed by atoms with Crippen LogP contribution >= 0.6 is 0 Å². The van der Waals surface area contributed by atoms with Crippen LogP contribution in [0.2, 0.25) is 0 Å². The average Bonchev–Trinajstić information content (AvgIpc) is 3.03. The van der Waals surface area contributed by atoms with E-state index in [0.29, 0.717) is 58.9 Å². The Labute approximate surface area is 176 Å². The van der Waals surface area contributed by atoms with Crippen molar-refractivity contribution in [3.8, 4) is 0 Å². The minimum absolute atomic E-state index is 0.123. The number of ether oxygens (including phenoxy) is 1. The van der Waals surface area contributed by atoms with Crippen molar-refractivity contribution in [3.63, 3.8) is 0 Å². The number of fused-ring (bicyclic) bond motifs is 5. The van der Waals surface area contributed by atoms with Gasteiger partial charge in [0.05, 0.1) is 12.2 Å². The highest BCUT2D eigenvalue weighted by molar-refractivity contribution is 5.66. The molecule has 4 nitrogen and oxygen atoms in total. The molecule has 10 atom stereocenters. The van der Waals surface area contributed by atoms with Crippen molar-refractivity contribution in [2.24, 2.45) is 46.3 Å². The average molecular weight is 407 g/mol. The van der Waals surface area contributed by atoms with Crippen LogP contribution in [0, 0.1) is 46.3 Å². The first-order valence-corrected chi connectivity index (χ1v) is 12.1. The fraction of sp³-hybridized carbons (Fsp3) is 0.960. The molecule has 0 aromatic carbocycles. The highest BCUT2D eigenvalue weighted by Gasteiger charge is 2.63. The number of methoxy groups -OCH3 is 1. The third kappa shape index (κ3) is 3.46. The Balaban J connectivity index is 1.58. The number of hydrogen-bond acceptors (Lipinski definition) is 3. The van der Waals surface area contributed by atoms with Crippen LogP contribution in [0.4, 0.5) is 0 Å². The van der Waals surface area contributed by atoms with Gasteiger partial charge in [0.2, 0.25) is 0 Å². The standard InChI is InChI=1S/C25H42O4/c1-15(5-8-22(27)28)18-6-7-19-23-20(10-12-25(18,19)3)24(2)11-9-17(26)13-16(24)14-21(23)29-4/h15-21,23,26H,5-14H2,1-4H3,(H,27,28)/t15-,16+,17-,18?,19+,20+,21-,23+,24+,25-/m1/s1. The number of rotatable bonds is 5. The molecule has 4 heteroatoms. The molecule has 0 amide bonds. The van der Waals surface area contributed by atoms with E-state index in [9.17, 15) is 9.90 Å². The molecular formula is C25H42O4. The van der Waals surface area contributed by atoms with Crippen molar-refractivity contribution in [1.29, 1.82) is 0 Å². The van der Waals surface area contributed by atoms with Crippen molar-refractivity contribution >= 4 is 5.97 Å². The summed E-state index contributed by atoms with van der Waals surface area (Å²) in [5, 5.41) is 19.5. The monoisotopic (exact) mass is 406 g/mol. The Kier molecular flexibility index (Phi) is 5.83. The molecule has 0 bridgehead atoms. The normalized spacial score (nSPS) is 50.3. The molecule has 166 valence electrons. The predicted octanol–water partition coefficient (Wildman–Crippen LogP) is 5.13. The van der Waals surface area contributed by atoms with Gasteiger partial charge in [-0.05, 0) is 104 Å². The molecule has 1 unspecified atom stereocenters. The maximum absolute atomic E-state index is 11.1. The van der Waals surface area contributed by atoms with E-state index in [-0.39, 0.29) is 6.10 Å². The van der Waals surface area contributed by atoms with Gasteiger partial charge < -0.3 is 14.9 Å². The van der Waals surface area contributed by atoms with E-state index in [4.69, 9.17) is 9.84 Å². The maximum atomic E-state index is 11.1. The van der Waals surface area contributed by atoms with Gasteiger partial charge >= 0.3 is 5.97 Å². The number of aliphatic hydroxyl groups excluding tert-OH is 1. The van der Waals surface area contributed by atoms with E-state index >= 15 is 0 Å². The molecule has 2 N–H and O–H groups in total. The van der Waals surface area contributed by atoms with Crippen LogP contribution in [-0.4, -0.2) is 35.5 Å². The Morgan fingerprint density at radius 2 is 1.76 bits per heavy atom. The molecule has 4 rings (SSSR count). The Morgan fingerprint density at radius 3 is 2.45 bits per heavy atom. The molecule has 0 saturated heterocycles. The SMILES string of the molecule is CO[C@@H]1C[C@@H]2C[C@H](O)CC[C@]2(C)[C@H]2CC[C@]3(C)C([C@H](C)CCC(=O)O)CC[C@H]3[C@H]12. The zero-order valence-electron chi connectivity index (χ0n) is 18.9. The Hall–Kier alpha value is -0.610. The summed E-state index contributed by atoms with van der Waals surface area (Å²) in [7, 11) is 1.90. The van der Waals surface area contributed by atoms with Gasteiger partial charge in [-0.25, -0.2) is 0 Å². The molecular weight excluding hydrogens is 364 g/mol. The van der Waals surface area contributed by atoms with Crippen molar-refractivity contribution in [1.82, 2.24) is 0 Å². The third-order valence-corrected chi connectivity index (χ3v) is 10.5. The molecule has 0 aliphatic heterocycles. The third-order valence-electron chi connectivity index (χ3n) is 10.5. The van der Waals surface area contributed by atoms with Gasteiger partial charge in [-0.15, -0.1) is 0 Å². The summed E-state index contributed by atoms with van der Waals surface area (Å²) < 4.78 is 6.16. The number of carboxylic acid groups (broad SMARTS) is 1. The van der Waals surface area contributed by atoms with E-state index < -0.39 is 5.97 Å². The van der Waals surface area contributed by atoms with Crippen molar-refractivity contribution in [2.75, 3.05) is 7.11 Å². The highest BCUT2D eigenvalue weighted by Crippen LogP contribution is 2.68. The topological polar surface area (TPSA) is 66.8 Å². The second-order valence-corrected chi connectivity index (χ2v) is 11.6. The number of hydrogen-bond donors (Lipinski definition) is 2. The number of aliphatic carboxylic acids is 1. The zero-order valence-corrected chi connectivity index (χ0v) is 18.9. The summed E-state index contributed by atoms with van der Waals surface area (Å²) in [6.07, 6.45) is 10.6. The number of aliphatic hydroxyl groups is 1. The van der Waals surface area contributed by atoms with Crippen LogP contribution in [0.3, 0.4) is 0 Å². The predicted molar refractivity (Wildman–Crippen MR) is 113 cm³/mol. The summed E-state index contributed by atoms with van der Waals surface area (Å²) in [5.41, 5.74) is 0.681. The summed E-state index contributed by atoms with van der Waals surface area (Å²) in [5.74, 6) is 3.10. The quantitative estimate of drug-likeness (QED) is 0.664. The largest absolute Gasteiger partial charge is 0.481 e. The van der Waals surface area contributed by atoms with Crippen molar-refractivity contribution in [3.05, 3.63) is 0 Å². The van der Waals surface area contributed by atoms with Crippen LogP contribution in [0.1, 0.15) is 85.0 Å². The van der Waals surface area contributed by atoms with Crippen LogP contribution in [0.25, 0.3) is 0 Å². The first-order valence-electron chi connectivity index (χ1n) is 12.1. The van der Waals surface area contributed by atoms with Gasteiger partial charge in [-0.2, -0.15) is 0 Å². The van der Waals surface area contributed by atoms with Crippen molar-refractivity contribution in [2.45, 2.75) is 97.2 Å². The second kappa shape index (κ2) is 7.82. The fourth-order valence-electron chi connectivity index (χ4n) is 8.95. The molecule has 0 radical (unpaired) electrons. The van der Waals surface area contributed by atoms with Gasteiger partial charge in [-0.1, -0.05) is 20.8 Å². The van der Waals surface area contributed by atoms with E-state index in [2.05, 4.69) is 20.8 Å². The minimum Gasteiger partial charge on any atom is -0.481 e. The lowest BCUT2D eigenvalue weighted by Gasteiger charge is -2.63. The van der Waals surface area contributed by atoms with Gasteiger partial charge in [0, 0.05) is 13.5 Å². The summed E-state index contributed by atoms with van der Waals surface area (Å²) in [4.78, 5) is 11.1. The van der Waals surface area contributed by atoms with Crippen LogP contribution in [0.5, 0.6) is 0 Å². The molecule has 4 saturated carbocycles. The molecule has 0 aromatic heterocycles. The van der Waals surface area contributed by atoms with Crippen LogP contribution < -0.4 is 0 Å². The molecule has 29 heavy (non-hydrogen) atoms. The summed E-state index contributed by atoms with van der Waals surface area (Å²) in [6, 6.07) is 0. The lowest BCUT2D eigenvalue weighted by atomic mass is 9.43. The molecule has 4 aliphatic carbocycles. The first kappa shape index (κ1) is 21.6. The van der Waals surface area contributed by atoms with E-state index in [0.717, 1.165) is 32.1 Å². The highest BCUT2D eigenvalue weighted by atomic mass is 16.5. The maximum Gasteiger partial charge on any atom is 0.303 e. The van der Waals surface area contributed by atoms with E-state index in [1.807, 2.05) is 7.11 Å². The molecule has 4 fully saturated rings. The van der Waals surface area contributed by atoms with Gasteiger partial charge in [-0.3, -0.25) is 4.79 Å². The first-order chi connectivity index (χ1) is 13.7. The zero-order chi connectivity index (χ0) is 21.0. The van der Waals surface area contributed by atoms with Gasteiger partial charge in [0.1, 0.15) is 0 Å². The molecule has 4 aliphatic rings. The number of carboxylic acids is 1. The molecule has 0 heterocycles. The fourth-order valence-corrected chi connectivity index (χ4v) is 8.95. The van der Waals surface area contributed by atoms with Gasteiger partial charge in [0.15, 0.2) is 0 Å². The van der Waals surface area contributed by atoms with Crippen LogP contribution in [0.15, 0.2) is 0 Å². The smallest absolute Gasteiger partial charge is 0.303 e. The molecule has 0 aromatic rings. The van der Waals surface area contributed by atoms with Gasteiger partial charge in [0.25, 0.3) is 0 Å². The molecule has 0 spiro atoms. The lowest BCUT2D eigenvalue weighted by Crippen LogP contribution is -2.59. The Morgan fingerprint density at radius 1 is 1.07 bits per heavy atom. The minimum atomic E-state index is -0.662.